The summed E-state index contributed by atoms with van der Waals surface area (Å²) in [6.07, 6.45) is 9.28. The Hall–Kier alpha value is -2.55. The van der Waals surface area contributed by atoms with Crippen LogP contribution in [0.15, 0.2) is 23.4 Å². The molecule has 0 unspecified atom stereocenters. The summed E-state index contributed by atoms with van der Waals surface area (Å²) in [4.78, 5) is 26.7. The fourth-order valence-electron chi connectivity index (χ4n) is 4.54. The van der Waals surface area contributed by atoms with Crippen molar-refractivity contribution in [2.45, 2.75) is 57.0 Å². The van der Waals surface area contributed by atoms with E-state index in [2.05, 4.69) is 25.4 Å². The topological polar surface area (TPSA) is 148 Å². The quantitative estimate of drug-likeness (QED) is 0.335. The number of nitrogens with zero attached hydrogens (tertiary/aromatic N) is 7. The van der Waals surface area contributed by atoms with E-state index >= 15 is 0 Å². The van der Waals surface area contributed by atoms with Crippen molar-refractivity contribution in [1.29, 1.82) is 0 Å². The molecule has 3 aromatic rings. The minimum absolute atomic E-state index is 0.0453. The summed E-state index contributed by atoms with van der Waals surface area (Å²) in [6.45, 7) is 1.25. The Kier molecular flexibility index (Phi) is 7.79. The molecule has 200 valence electrons. The second-order valence-corrected chi connectivity index (χ2v) is 12.6. The maximum atomic E-state index is 13.2. The van der Waals surface area contributed by atoms with E-state index in [1.807, 2.05) is 0 Å². The number of aryl methyl sites for hydroxylation is 1. The molecule has 2 N–H and O–H groups in total. The van der Waals surface area contributed by atoms with Gasteiger partial charge in [-0.3, -0.25) is 9.36 Å². The van der Waals surface area contributed by atoms with E-state index in [-0.39, 0.29) is 24.6 Å². The number of piperidine rings is 1. The molecular formula is C23H32N8O4S2. The highest BCUT2D eigenvalue weighted by Crippen LogP contribution is 2.37. The molecule has 0 amide bonds. The summed E-state index contributed by atoms with van der Waals surface area (Å²) < 4.78 is 28.5. The summed E-state index contributed by atoms with van der Waals surface area (Å²) in [6, 6.07) is 1.80. The molecule has 2 fully saturated rings. The van der Waals surface area contributed by atoms with Crippen molar-refractivity contribution in [1.82, 2.24) is 33.0 Å². The van der Waals surface area contributed by atoms with Crippen LogP contribution in [0, 0.1) is 0 Å². The molecule has 0 atom stereocenters. The number of hydrogen-bond acceptors (Lipinski definition) is 10. The van der Waals surface area contributed by atoms with Gasteiger partial charge in [0.1, 0.15) is 12.0 Å². The number of sulfonamides is 1. The maximum absolute atomic E-state index is 13.2. The fourth-order valence-corrected chi connectivity index (χ4v) is 6.12. The minimum Gasteiger partial charge on any atom is -0.396 e. The Morgan fingerprint density at radius 3 is 2.68 bits per heavy atom. The van der Waals surface area contributed by atoms with Crippen LogP contribution in [0.5, 0.6) is 0 Å². The first kappa shape index (κ1) is 26.1. The summed E-state index contributed by atoms with van der Waals surface area (Å²) in [5, 5.41) is 18.0. The first-order valence-electron chi connectivity index (χ1n) is 12.6. The van der Waals surface area contributed by atoms with Crippen LogP contribution in [0.2, 0.25) is 0 Å². The molecule has 2 aliphatic rings. The molecule has 1 saturated heterocycles. The lowest BCUT2D eigenvalue weighted by atomic mass is 10.1. The molecule has 14 heteroatoms. The molecule has 5 rings (SSSR count). The van der Waals surface area contributed by atoms with Gasteiger partial charge in [-0.1, -0.05) is 0 Å². The van der Waals surface area contributed by atoms with Gasteiger partial charge in [0.05, 0.1) is 6.26 Å². The molecule has 0 bridgehead atoms. The largest absolute Gasteiger partial charge is 0.396 e. The van der Waals surface area contributed by atoms with E-state index in [0.717, 1.165) is 36.2 Å². The average molecular weight is 549 g/mol. The summed E-state index contributed by atoms with van der Waals surface area (Å²) in [7, 11) is -3.19. The maximum Gasteiger partial charge on any atom is 0.255 e. The van der Waals surface area contributed by atoms with Gasteiger partial charge >= 0.3 is 0 Å². The van der Waals surface area contributed by atoms with Crippen LogP contribution in [0.1, 0.15) is 49.4 Å². The molecule has 0 spiro atoms. The van der Waals surface area contributed by atoms with Crippen LogP contribution in [0.3, 0.4) is 0 Å². The molecule has 12 nitrogen and oxygen atoms in total. The second-order valence-electron chi connectivity index (χ2n) is 9.62. The van der Waals surface area contributed by atoms with Gasteiger partial charge in [0.25, 0.3) is 5.56 Å². The third-order valence-corrected chi connectivity index (χ3v) is 8.94. The van der Waals surface area contributed by atoms with Gasteiger partial charge in [-0.05, 0) is 50.1 Å². The lowest BCUT2D eigenvalue weighted by Crippen LogP contribution is -2.42. The number of aliphatic hydroxyl groups excluding tert-OH is 1. The second kappa shape index (κ2) is 11.1. The minimum atomic E-state index is -3.19. The zero-order valence-corrected chi connectivity index (χ0v) is 22.4. The van der Waals surface area contributed by atoms with Crippen molar-refractivity contribution in [3.05, 3.63) is 40.3 Å². The van der Waals surface area contributed by atoms with Gasteiger partial charge in [-0.15, -0.1) is 5.10 Å². The highest BCUT2D eigenvalue weighted by atomic mass is 32.2. The molecule has 1 aliphatic heterocycles. The predicted molar refractivity (Wildman–Crippen MR) is 142 cm³/mol. The molecule has 0 radical (unpaired) electrons. The van der Waals surface area contributed by atoms with Crippen LogP contribution in [-0.4, -0.2) is 84.3 Å². The van der Waals surface area contributed by atoms with Gasteiger partial charge in [0, 0.05) is 67.5 Å². The van der Waals surface area contributed by atoms with E-state index in [1.165, 1.54) is 10.6 Å². The van der Waals surface area contributed by atoms with E-state index in [9.17, 15) is 18.3 Å². The molecule has 1 aliphatic carbocycles. The number of anilines is 1. The monoisotopic (exact) mass is 548 g/mol. The van der Waals surface area contributed by atoms with Crippen molar-refractivity contribution >= 4 is 39.0 Å². The SMILES string of the molecule is CS(=O)(=O)N1CCC(Nc2ncc3cc(CCO)c(=O)n(CCCSn4cnc(C5CC5)n4)c3n2)CC1. The number of aromatic nitrogens is 6. The number of aliphatic hydroxyl groups is 1. The first-order chi connectivity index (χ1) is 17.8. The molecular weight excluding hydrogens is 516 g/mol. The van der Waals surface area contributed by atoms with Gasteiger partial charge in [0.2, 0.25) is 16.0 Å². The Morgan fingerprint density at radius 2 is 1.97 bits per heavy atom. The zero-order chi connectivity index (χ0) is 26.0. The third-order valence-electron chi connectivity index (χ3n) is 6.72. The lowest BCUT2D eigenvalue weighted by molar-refractivity contribution is 0.299. The summed E-state index contributed by atoms with van der Waals surface area (Å²) in [5.41, 5.74) is 0.916. The fraction of sp³-hybridized carbons (Fsp3) is 0.609. The van der Waals surface area contributed by atoms with Crippen molar-refractivity contribution < 1.29 is 13.5 Å². The van der Waals surface area contributed by atoms with Crippen molar-refractivity contribution in [3.8, 4) is 0 Å². The number of fused-ring (bicyclic) bond motifs is 1. The number of hydrogen-bond donors (Lipinski definition) is 2. The summed E-state index contributed by atoms with van der Waals surface area (Å²) >= 11 is 1.56. The average Bonchev–Trinajstić information content (AvgIpc) is 3.62. The highest BCUT2D eigenvalue weighted by molar-refractivity contribution is 7.97. The smallest absolute Gasteiger partial charge is 0.255 e. The third kappa shape index (κ3) is 6.30. The van der Waals surface area contributed by atoms with E-state index < -0.39 is 10.0 Å². The van der Waals surface area contributed by atoms with E-state index in [4.69, 9.17) is 0 Å². The molecule has 1 saturated carbocycles. The molecule has 3 aromatic heterocycles. The zero-order valence-electron chi connectivity index (χ0n) is 20.8. The summed E-state index contributed by atoms with van der Waals surface area (Å²) in [5.74, 6) is 2.58. The first-order valence-corrected chi connectivity index (χ1v) is 15.4. The Bertz CT molecular complexity index is 1410. The molecule has 37 heavy (non-hydrogen) atoms. The van der Waals surface area contributed by atoms with Crippen LogP contribution >= 0.6 is 11.9 Å². The van der Waals surface area contributed by atoms with Gasteiger partial charge in [-0.2, -0.15) is 9.07 Å². The Morgan fingerprint density at radius 1 is 1.19 bits per heavy atom. The highest BCUT2D eigenvalue weighted by Gasteiger charge is 2.27. The predicted octanol–water partition coefficient (Wildman–Crippen LogP) is 1.22. The van der Waals surface area contributed by atoms with Crippen LogP contribution in [0.25, 0.3) is 11.0 Å². The van der Waals surface area contributed by atoms with E-state index in [0.29, 0.717) is 55.6 Å². The molecule has 4 heterocycles. The Balaban J connectivity index is 1.29. The Labute approximate surface area is 219 Å². The number of nitrogens with one attached hydrogen (secondary N) is 1. The lowest BCUT2D eigenvalue weighted by Gasteiger charge is -2.30. The van der Waals surface area contributed by atoms with Crippen LogP contribution < -0.4 is 10.9 Å². The van der Waals surface area contributed by atoms with E-state index in [1.54, 1.807) is 39.2 Å². The number of pyridine rings is 1. The molecule has 0 aromatic carbocycles. The van der Waals surface area contributed by atoms with Crippen molar-refractivity contribution in [3.63, 3.8) is 0 Å². The van der Waals surface area contributed by atoms with Gasteiger partial charge < -0.3 is 10.4 Å². The standard InChI is InChI=1S/C23H32N8O4S2/c1-37(34,35)29-9-5-19(6-10-29)26-23-24-14-18-13-17(7-11-32)22(33)30(21(18)27-23)8-2-12-36-31-15-25-20(28-31)16-3-4-16/h13-16,19,32H,2-12H2,1H3,(H,24,26,27). The van der Waals surface area contributed by atoms with Gasteiger partial charge in [0.15, 0.2) is 5.82 Å². The van der Waals surface area contributed by atoms with Crippen molar-refractivity contribution in [2.75, 3.05) is 37.0 Å². The van der Waals surface area contributed by atoms with Crippen LogP contribution in [-0.2, 0) is 23.0 Å². The number of rotatable bonds is 11. The van der Waals surface area contributed by atoms with Gasteiger partial charge in [-0.25, -0.2) is 22.7 Å². The normalized spacial score (nSPS) is 17.5. The van der Waals surface area contributed by atoms with Crippen LogP contribution in [0.4, 0.5) is 5.95 Å². The van der Waals surface area contributed by atoms with Crippen molar-refractivity contribution in [2.24, 2.45) is 0 Å².